The minimum Gasteiger partial charge on any atom is -0.497 e. The lowest BCUT2D eigenvalue weighted by atomic mass is 10.1. The zero-order valence-corrected chi connectivity index (χ0v) is 15.7. The first kappa shape index (κ1) is 18.2. The van der Waals surface area contributed by atoms with Crippen molar-refractivity contribution in [3.8, 4) is 5.75 Å². The molecule has 26 heavy (non-hydrogen) atoms. The van der Waals surface area contributed by atoms with Crippen LogP contribution in [0.25, 0.3) is 0 Å². The van der Waals surface area contributed by atoms with E-state index in [0.29, 0.717) is 11.4 Å². The predicted molar refractivity (Wildman–Crippen MR) is 107 cm³/mol. The van der Waals surface area contributed by atoms with Gasteiger partial charge in [-0.3, -0.25) is 4.79 Å². The maximum Gasteiger partial charge on any atom is 0.265 e. The topological polar surface area (TPSA) is 50.4 Å². The smallest absolute Gasteiger partial charge is 0.265 e. The van der Waals surface area contributed by atoms with Crippen LogP contribution in [0.5, 0.6) is 5.75 Å². The fraction of sp³-hybridized carbons (Fsp3) is 0.190. The van der Waals surface area contributed by atoms with Crippen molar-refractivity contribution in [1.82, 2.24) is 5.32 Å². The van der Waals surface area contributed by atoms with Crippen molar-refractivity contribution in [3.63, 3.8) is 0 Å². The van der Waals surface area contributed by atoms with E-state index in [9.17, 15) is 4.79 Å². The lowest BCUT2D eigenvalue weighted by Gasteiger charge is -2.15. The van der Waals surface area contributed by atoms with Gasteiger partial charge in [0.1, 0.15) is 5.75 Å². The highest BCUT2D eigenvalue weighted by atomic mass is 32.1. The number of hydrogen-bond donors (Lipinski definition) is 2. The number of rotatable bonds is 7. The summed E-state index contributed by atoms with van der Waals surface area (Å²) in [7, 11) is 1.67. The molecular weight excluding hydrogens is 344 g/mol. The van der Waals surface area contributed by atoms with Gasteiger partial charge in [0.2, 0.25) is 0 Å². The van der Waals surface area contributed by atoms with E-state index >= 15 is 0 Å². The number of amides is 1. The summed E-state index contributed by atoms with van der Waals surface area (Å²) in [6.07, 6.45) is 0. The summed E-state index contributed by atoms with van der Waals surface area (Å²) in [4.78, 5) is 12.9. The average molecular weight is 366 g/mol. The maximum absolute atomic E-state index is 12.2. The molecule has 4 nitrogen and oxygen atoms in total. The Kier molecular flexibility index (Phi) is 6.04. The SMILES string of the molecule is COc1cccc([C@H](C)NCc2cccc(NC(=O)c3cccs3)c2)c1. The highest BCUT2D eigenvalue weighted by molar-refractivity contribution is 7.12. The van der Waals surface area contributed by atoms with E-state index in [-0.39, 0.29) is 11.9 Å². The van der Waals surface area contributed by atoms with Crippen molar-refractivity contribution in [2.45, 2.75) is 19.5 Å². The van der Waals surface area contributed by atoms with Crippen LogP contribution in [0.2, 0.25) is 0 Å². The number of ether oxygens (including phenoxy) is 1. The molecule has 0 aliphatic rings. The molecule has 0 radical (unpaired) electrons. The highest BCUT2D eigenvalue weighted by Gasteiger charge is 2.08. The van der Waals surface area contributed by atoms with E-state index in [4.69, 9.17) is 4.74 Å². The first-order chi connectivity index (χ1) is 12.7. The molecule has 2 N–H and O–H groups in total. The van der Waals surface area contributed by atoms with Crippen LogP contribution in [0, 0.1) is 0 Å². The molecule has 1 amide bonds. The lowest BCUT2D eigenvalue weighted by Crippen LogP contribution is -2.18. The minimum absolute atomic E-state index is 0.0742. The Bertz CT molecular complexity index is 862. The van der Waals surface area contributed by atoms with Crippen molar-refractivity contribution in [3.05, 3.63) is 82.0 Å². The van der Waals surface area contributed by atoms with Gasteiger partial charge in [0.05, 0.1) is 12.0 Å². The number of nitrogens with one attached hydrogen (secondary N) is 2. The number of methoxy groups -OCH3 is 1. The van der Waals surface area contributed by atoms with Crippen molar-refractivity contribution in [2.24, 2.45) is 0 Å². The van der Waals surface area contributed by atoms with E-state index in [1.54, 1.807) is 7.11 Å². The zero-order chi connectivity index (χ0) is 18.4. The second-order valence-corrected chi connectivity index (χ2v) is 6.96. The molecule has 5 heteroatoms. The first-order valence-corrected chi connectivity index (χ1v) is 9.35. The minimum atomic E-state index is -0.0742. The van der Waals surface area contributed by atoms with Gasteiger partial charge in [-0.15, -0.1) is 11.3 Å². The van der Waals surface area contributed by atoms with E-state index in [1.165, 1.54) is 16.9 Å². The standard InChI is InChI=1S/C21H22N2O2S/c1-15(17-7-4-9-19(13-17)25-2)22-14-16-6-3-8-18(12-16)23-21(24)20-10-5-11-26-20/h3-13,15,22H,14H2,1-2H3,(H,23,24)/t15-/m0/s1. The maximum atomic E-state index is 12.2. The van der Waals surface area contributed by atoms with Gasteiger partial charge < -0.3 is 15.4 Å². The third kappa shape index (κ3) is 4.71. The van der Waals surface area contributed by atoms with Crippen LogP contribution in [0.3, 0.4) is 0 Å². The average Bonchev–Trinajstić information content (AvgIpc) is 3.21. The number of anilines is 1. The van der Waals surface area contributed by atoms with Crippen LogP contribution in [-0.4, -0.2) is 13.0 Å². The fourth-order valence-electron chi connectivity index (χ4n) is 2.66. The molecule has 2 aromatic carbocycles. The molecule has 134 valence electrons. The summed E-state index contributed by atoms with van der Waals surface area (Å²) in [6.45, 7) is 2.83. The zero-order valence-electron chi connectivity index (χ0n) is 14.9. The van der Waals surface area contributed by atoms with Gasteiger partial charge in [0, 0.05) is 18.3 Å². The molecule has 3 rings (SSSR count). The van der Waals surface area contributed by atoms with Gasteiger partial charge in [-0.25, -0.2) is 0 Å². The number of hydrogen-bond acceptors (Lipinski definition) is 4. The predicted octanol–water partition coefficient (Wildman–Crippen LogP) is 4.86. The third-order valence-electron chi connectivity index (χ3n) is 4.14. The number of carbonyl (C=O) groups is 1. The summed E-state index contributed by atoms with van der Waals surface area (Å²) in [6, 6.07) is 19.8. The Hall–Kier alpha value is -2.63. The molecule has 0 aliphatic heterocycles. The Morgan fingerprint density at radius 3 is 2.73 bits per heavy atom. The Morgan fingerprint density at radius 1 is 1.12 bits per heavy atom. The van der Waals surface area contributed by atoms with Gasteiger partial charge in [0.25, 0.3) is 5.91 Å². The van der Waals surface area contributed by atoms with Crippen LogP contribution in [0.4, 0.5) is 5.69 Å². The molecule has 1 atom stereocenters. The van der Waals surface area contributed by atoms with Gasteiger partial charge in [-0.05, 0) is 53.8 Å². The summed E-state index contributed by atoms with van der Waals surface area (Å²) < 4.78 is 5.28. The van der Waals surface area contributed by atoms with Crippen molar-refractivity contribution >= 4 is 22.9 Å². The summed E-state index contributed by atoms with van der Waals surface area (Å²) in [5, 5.41) is 8.35. The molecule has 0 saturated carbocycles. The van der Waals surface area contributed by atoms with Gasteiger partial charge in [-0.1, -0.05) is 30.3 Å². The summed E-state index contributed by atoms with van der Waals surface area (Å²) in [5.74, 6) is 0.782. The van der Waals surface area contributed by atoms with E-state index in [2.05, 4.69) is 23.6 Å². The van der Waals surface area contributed by atoms with E-state index < -0.39 is 0 Å². The summed E-state index contributed by atoms with van der Waals surface area (Å²) >= 11 is 1.43. The molecule has 3 aromatic rings. The molecule has 0 saturated heterocycles. The van der Waals surface area contributed by atoms with Gasteiger partial charge in [-0.2, -0.15) is 0 Å². The van der Waals surface area contributed by atoms with Crippen LogP contribution in [0.1, 0.15) is 33.8 Å². The molecule has 0 fully saturated rings. The molecule has 1 heterocycles. The summed E-state index contributed by atoms with van der Waals surface area (Å²) in [5.41, 5.74) is 3.09. The molecule has 1 aromatic heterocycles. The molecule has 0 spiro atoms. The van der Waals surface area contributed by atoms with Crippen LogP contribution in [-0.2, 0) is 6.54 Å². The molecular formula is C21H22N2O2S. The van der Waals surface area contributed by atoms with Crippen molar-refractivity contribution in [2.75, 3.05) is 12.4 Å². The second-order valence-electron chi connectivity index (χ2n) is 6.01. The highest BCUT2D eigenvalue weighted by Crippen LogP contribution is 2.20. The Morgan fingerprint density at radius 2 is 1.96 bits per heavy atom. The number of carbonyl (C=O) groups excluding carboxylic acids is 1. The van der Waals surface area contributed by atoms with Crippen molar-refractivity contribution < 1.29 is 9.53 Å². The fourth-order valence-corrected chi connectivity index (χ4v) is 3.28. The van der Waals surface area contributed by atoms with Crippen LogP contribution >= 0.6 is 11.3 Å². The second kappa shape index (κ2) is 8.65. The molecule has 0 bridgehead atoms. The lowest BCUT2D eigenvalue weighted by molar-refractivity contribution is 0.103. The molecule has 0 aliphatic carbocycles. The Labute approximate surface area is 157 Å². The monoisotopic (exact) mass is 366 g/mol. The third-order valence-corrected chi connectivity index (χ3v) is 5.00. The van der Waals surface area contributed by atoms with E-state index in [1.807, 2.05) is 60.0 Å². The first-order valence-electron chi connectivity index (χ1n) is 8.47. The number of benzene rings is 2. The van der Waals surface area contributed by atoms with Crippen LogP contribution < -0.4 is 15.4 Å². The van der Waals surface area contributed by atoms with Crippen LogP contribution in [0.15, 0.2) is 66.0 Å². The Balaban J connectivity index is 1.60. The molecule has 0 unspecified atom stereocenters. The van der Waals surface area contributed by atoms with E-state index in [0.717, 1.165) is 17.0 Å². The normalized spacial score (nSPS) is 11.8. The van der Waals surface area contributed by atoms with Gasteiger partial charge in [0.15, 0.2) is 0 Å². The quantitative estimate of drug-likeness (QED) is 0.628. The van der Waals surface area contributed by atoms with Gasteiger partial charge >= 0.3 is 0 Å². The van der Waals surface area contributed by atoms with Crippen molar-refractivity contribution in [1.29, 1.82) is 0 Å². The number of thiophene rings is 1. The largest absolute Gasteiger partial charge is 0.497 e.